The zero-order valence-corrected chi connectivity index (χ0v) is 11.5. The maximum atomic E-state index is 8.85. The van der Waals surface area contributed by atoms with Crippen molar-refractivity contribution in [2.24, 2.45) is 0 Å². The fourth-order valence-electron chi connectivity index (χ4n) is 1.96. The summed E-state index contributed by atoms with van der Waals surface area (Å²) >= 11 is 0. The second-order valence-corrected chi connectivity index (χ2v) is 4.74. The van der Waals surface area contributed by atoms with E-state index in [1.165, 1.54) is 11.1 Å². The second kappa shape index (κ2) is 5.58. The summed E-state index contributed by atoms with van der Waals surface area (Å²) < 4.78 is 5.88. The largest absolute Gasteiger partial charge is 0.489 e. The number of hydrogen-bond acceptors (Lipinski definition) is 2. The third-order valence-electron chi connectivity index (χ3n) is 3.41. The van der Waals surface area contributed by atoms with Crippen LogP contribution in [0.15, 0.2) is 36.4 Å². The van der Waals surface area contributed by atoms with E-state index in [4.69, 9.17) is 10.00 Å². The Morgan fingerprint density at radius 2 is 1.84 bits per heavy atom. The van der Waals surface area contributed by atoms with Crippen LogP contribution in [0.4, 0.5) is 0 Å². The molecule has 0 N–H and O–H groups in total. The first kappa shape index (κ1) is 13.2. The average molecular weight is 251 g/mol. The van der Waals surface area contributed by atoms with Crippen LogP contribution in [0.2, 0.25) is 0 Å². The molecule has 19 heavy (non-hydrogen) atoms. The summed E-state index contributed by atoms with van der Waals surface area (Å²) in [6.45, 7) is 6.68. The van der Waals surface area contributed by atoms with Gasteiger partial charge >= 0.3 is 0 Å². The lowest BCUT2D eigenvalue weighted by atomic mass is 10.1. The lowest BCUT2D eigenvalue weighted by molar-refractivity contribution is 0.303. The minimum atomic E-state index is 0.530. The highest BCUT2D eigenvalue weighted by Gasteiger charge is 2.04. The van der Waals surface area contributed by atoms with Crippen LogP contribution in [0.25, 0.3) is 0 Å². The molecule has 0 aliphatic carbocycles. The molecule has 2 heteroatoms. The van der Waals surface area contributed by atoms with Gasteiger partial charge in [-0.1, -0.05) is 18.2 Å². The van der Waals surface area contributed by atoms with Crippen molar-refractivity contribution in [3.8, 4) is 11.8 Å². The van der Waals surface area contributed by atoms with Crippen molar-refractivity contribution < 1.29 is 4.74 Å². The van der Waals surface area contributed by atoms with E-state index in [0.29, 0.717) is 12.2 Å². The molecule has 0 unspecified atom stereocenters. The Morgan fingerprint density at radius 3 is 2.53 bits per heavy atom. The van der Waals surface area contributed by atoms with Crippen LogP contribution in [0.3, 0.4) is 0 Å². The number of nitriles is 1. The van der Waals surface area contributed by atoms with Gasteiger partial charge < -0.3 is 4.74 Å². The molecule has 0 bridgehead atoms. The van der Waals surface area contributed by atoms with Gasteiger partial charge in [0, 0.05) is 0 Å². The zero-order chi connectivity index (χ0) is 13.8. The van der Waals surface area contributed by atoms with Crippen molar-refractivity contribution in [3.63, 3.8) is 0 Å². The van der Waals surface area contributed by atoms with Crippen LogP contribution in [0.5, 0.6) is 5.75 Å². The molecule has 2 aromatic carbocycles. The molecule has 0 aliphatic heterocycles. The van der Waals surface area contributed by atoms with E-state index in [-0.39, 0.29) is 0 Å². The smallest absolute Gasteiger partial charge is 0.122 e. The van der Waals surface area contributed by atoms with Crippen LogP contribution >= 0.6 is 0 Å². The molecule has 0 aromatic heterocycles. The highest BCUT2D eigenvalue weighted by atomic mass is 16.5. The van der Waals surface area contributed by atoms with Gasteiger partial charge in [-0.2, -0.15) is 5.26 Å². The van der Waals surface area contributed by atoms with Crippen LogP contribution in [0.1, 0.15) is 27.8 Å². The van der Waals surface area contributed by atoms with E-state index < -0.39 is 0 Å². The van der Waals surface area contributed by atoms with E-state index in [1.54, 1.807) is 0 Å². The van der Waals surface area contributed by atoms with Crippen molar-refractivity contribution in [2.75, 3.05) is 0 Å². The van der Waals surface area contributed by atoms with Gasteiger partial charge in [-0.3, -0.25) is 0 Å². The minimum Gasteiger partial charge on any atom is -0.489 e. The standard InChI is InChI=1S/C17H17NO/c1-12-5-4-6-17(14(12)3)19-11-16-8-7-15(10-18)9-13(16)2/h4-9H,11H2,1-3H3. The van der Waals surface area contributed by atoms with Crippen LogP contribution < -0.4 is 4.74 Å². The van der Waals surface area contributed by atoms with Crippen LogP contribution in [-0.4, -0.2) is 0 Å². The quantitative estimate of drug-likeness (QED) is 0.824. The molecule has 0 saturated heterocycles. The number of benzene rings is 2. The normalized spacial score (nSPS) is 10.0. The Bertz CT molecular complexity index is 638. The summed E-state index contributed by atoms with van der Waals surface area (Å²) in [5.74, 6) is 0.920. The van der Waals surface area contributed by atoms with Gasteiger partial charge in [-0.15, -0.1) is 0 Å². The minimum absolute atomic E-state index is 0.530. The first-order valence-electron chi connectivity index (χ1n) is 6.30. The Kier molecular flexibility index (Phi) is 3.87. The first-order valence-corrected chi connectivity index (χ1v) is 6.30. The monoisotopic (exact) mass is 251 g/mol. The number of rotatable bonds is 3. The zero-order valence-electron chi connectivity index (χ0n) is 11.5. The SMILES string of the molecule is Cc1cc(C#N)ccc1COc1cccc(C)c1C. The summed E-state index contributed by atoms with van der Waals surface area (Å²) in [7, 11) is 0. The number of hydrogen-bond donors (Lipinski definition) is 0. The molecule has 0 fully saturated rings. The van der Waals surface area contributed by atoms with E-state index in [1.807, 2.05) is 37.3 Å². The fraction of sp³-hybridized carbons (Fsp3) is 0.235. The van der Waals surface area contributed by atoms with Crippen molar-refractivity contribution in [3.05, 3.63) is 64.2 Å². The van der Waals surface area contributed by atoms with E-state index >= 15 is 0 Å². The summed E-state index contributed by atoms with van der Waals surface area (Å²) in [6.07, 6.45) is 0. The molecule has 2 aromatic rings. The Hall–Kier alpha value is -2.27. The van der Waals surface area contributed by atoms with E-state index in [9.17, 15) is 0 Å². The van der Waals surface area contributed by atoms with Gasteiger partial charge in [0.25, 0.3) is 0 Å². The second-order valence-electron chi connectivity index (χ2n) is 4.74. The molecule has 2 nitrogen and oxygen atoms in total. The van der Waals surface area contributed by atoms with Crippen molar-refractivity contribution in [1.82, 2.24) is 0 Å². The van der Waals surface area contributed by atoms with Gasteiger partial charge in [0.2, 0.25) is 0 Å². The topological polar surface area (TPSA) is 33.0 Å². The van der Waals surface area contributed by atoms with Gasteiger partial charge in [0.15, 0.2) is 0 Å². The maximum Gasteiger partial charge on any atom is 0.122 e. The molecule has 96 valence electrons. The van der Waals surface area contributed by atoms with Gasteiger partial charge in [0.1, 0.15) is 12.4 Å². The molecular formula is C17H17NO. The first-order chi connectivity index (χ1) is 9.11. The number of nitrogens with zero attached hydrogens (tertiary/aromatic N) is 1. The third-order valence-corrected chi connectivity index (χ3v) is 3.41. The molecule has 0 radical (unpaired) electrons. The Balaban J connectivity index is 2.15. The van der Waals surface area contributed by atoms with Crippen molar-refractivity contribution in [1.29, 1.82) is 5.26 Å². The molecule has 0 spiro atoms. The molecule has 0 heterocycles. The molecule has 0 amide bonds. The predicted molar refractivity (Wildman–Crippen MR) is 76.1 cm³/mol. The molecule has 0 saturated carbocycles. The van der Waals surface area contributed by atoms with E-state index in [2.05, 4.69) is 26.0 Å². The van der Waals surface area contributed by atoms with Gasteiger partial charge in [-0.05, 0) is 61.2 Å². The van der Waals surface area contributed by atoms with Crippen LogP contribution in [0, 0.1) is 32.1 Å². The molecular weight excluding hydrogens is 234 g/mol. The maximum absolute atomic E-state index is 8.85. The fourth-order valence-corrected chi connectivity index (χ4v) is 1.96. The van der Waals surface area contributed by atoms with Gasteiger partial charge in [0.05, 0.1) is 11.6 Å². The highest BCUT2D eigenvalue weighted by molar-refractivity contribution is 5.40. The van der Waals surface area contributed by atoms with Crippen LogP contribution in [-0.2, 0) is 6.61 Å². The molecule has 0 atom stereocenters. The van der Waals surface area contributed by atoms with Crippen molar-refractivity contribution >= 4 is 0 Å². The summed E-state index contributed by atoms with van der Waals surface area (Å²) in [5, 5.41) is 8.85. The third kappa shape index (κ3) is 2.95. The summed E-state index contributed by atoms with van der Waals surface area (Å²) in [5.41, 5.74) is 5.29. The molecule has 2 rings (SSSR count). The average Bonchev–Trinajstić information content (AvgIpc) is 2.41. The van der Waals surface area contributed by atoms with Crippen molar-refractivity contribution in [2.45, 2.75) is 27.4 Å². The Morgan fingerprint density at radius 1 is 1.05 bits per heavy atom. The van der Waals surface area contributed by atoms with Gasteiger partial charge in [-0.25, -0.2) is 0 Å². The summed E-state index contributed by atoms with van der Waals surface area (Å²) in [4.78, 5) is 0. The number of ether oxygens (including phenoxy) is 1. The predicted octanol–water partition coefficient (Wildman–Crippen LogP) is 4.06. The molecule has 0 aliphatic rings. The highest BCUT2D eigenvalue weighted by Crippen LogP contribution is 2.22. The van der Waals surface area contributed by atoms with E-state index in [0.717, 1.165) is 16.9 Å². The number of aryl methyl sites for hydroxylation is 2. The Labute approximate surface area is 114 Å². The lowest BCUT2D eigenvalue weighted by Gasteiger charge is -2.12. The lowest BCUT2D eigenvalue weighted by Crippen LogP contribution is -2.00. The summed E-state index contributed by atoms with van der Waals surface area (Å²) in [6, 6.07) is 13.9.